The molecule has 5 rings (SSSR count). The number of anilines is 1. The van der Waals surface area contributed by atoms with Crippen molar-refractivity contribution in [2.24, 2.45) is 0 Å². The highest BCUT2D eigenvalue weighted by Crippen LogP contribution is 2.41. The Morgan fingerprint density at radius 1 is 1.00 bits per heavy atom. The number of para-hydroxylation sites is 1. The molecule has 2 heterocycles. The number of nitrogens with one attached hydrogen (secondary N) is 1. The highest BCUT2D eigenvalue weighted by atomic mass is 16.6. The third-order valence-corrected chi connectivity index (χ3v) is 8.17. The summed E-state index contributed by atoms with van der Waals surface area (Å²) in [5, 5.41) is 13.1. The van der Waals surface area contributed by atoms with Crippen LogP contribution < -0.4 is 15.0 Å². The number of phenols is 1. The van der Waals surface area contributed by atoms with E-state index in [-0.39, 0.29) is 18.0 Å². The number of rotatable bonds is 12. The van der Waals surface area contributed by atoms with Gasteiger partial charge in [0.25, 0.3) is 0 Å². The van der Waals surface area contributed by atoms with Gasteiger partial charge in [0.2, 0.25) is 0 Å². The predicted molar refractivity (Wildman–Crippen MR) is 163 cm³/mol. The van der Waals surface area contributed by atoms with Gasteiger partial charge in [-0.3, -0.25) is 9.69 Å². The molecule has 2 unspecified atom stereocenters. The summed E-state index contributed by atoms with van der Waals surface area (Å²) < 4.78 is 12.4. The van der Waals surface area contributed by atoms with Crippen LogP contribution >= 0.6 is 0 Å². The van der Waals surface area contributed by atoms with E-state index in [2.05, 4.69) is 10.2 Å². The number of benzene rings is 3. The second-order valence-electron chi connectivity index (χ2n) is 11.1. The van der Waals surface area contributed by atoms with Crippen molar-refractivity contribution in [1.29, 1.82) is 0 Å². The summed E-state index contributed by atoms with van der Waals surface area (Å²) in [6.45, 7) is 8.09. The standard InChI is InChI=1S/C34H41N3O5/c1-2-20-37(28-6-4-3-5-7-28)32-31(39)25-34(42-33(32)40,17-16-26-8-12-29(38)13-9-26)27-10-14-30(15-11-27)41-24-23-36-21-18-35-19-22-36/h3-15,32,35,38H,2,16-25H2,1H3. The van der Waals surface area contributed by atoms with Crippen molar-refractivity contribution in [3.05, 3.63) is 90.0 Å². The zero-order valence-electron chi connectivity index (χ0n) is 24.3. The molecule has 3 aromatic rings. The average molecular weight is 572 g/mol. The topological polar surface area (TPSA) is 91.3 Å². The van der Waals surface area contributed by atoms with Gasteiger partial charge in [-0.25, -0.2) is 4.79 Å². The summed E-state index contributed by atoms with van der Waals surface area (Å²) in [6, 6.07) is 23.2. The monoisotopic (exact) mass is 571 g/mol. The predicted octanol–water partition coefficient (Wildman–Crippen LogP) is 4.31. The van der Waals surface area contributed by atoms with Gasteiger partial charge in [0.15, 0.2) is 11.8 Å². The number of hydrogen-bond donors (Lipinski definition) is 2. The lowest BCUT2D eigenvalue weighted by Gasteiger charge is -2.42. The maximum Gasteiger partial charge on any atom is 0.337 e. The molecule has 0 bridgehead atoms. The molecule has 2 N–H and O–H groups in total. The lowest BCUT2D eigenvalue weighted by molar-refractivity contribution is -0.175. The zero-order chi connectivity index (χ0) is 29.4. The maximum absolute atomic E-state index is 13.9. The van der Waals surface area contributed by atoms with Gasteiger partial charge in [-0.1, -0.05) is 49.4 Å². The SMILES string of the molecule is CCCN(c1ccccc1)C1C(=O)CC(CCc2ccc(O)cc2)(c2ccc(OCCN3CCNCC3)cc2)OC1=O. The van der Waals surface area contributed by atoms with Crippen molar-refractivity contribution in [2.75, 3.05) is 50.8 Å². The van der Waals surface area contributed by atoms with Crippen LogP contribution in [0.2, 0.25) is 0 Å². The number of carbonyl (C=O) groups excluding carboxylic acids is 2. The first-order valence-corrected chi connectivity index (χ1v) is 15.0. The number of ether oxygens (including phenoxy) is 2. The van der Waals surface area contributed by atoms with Gasteiger partial charge >= 0.3 is 5.97 Å². The van der Waals surface area contributed by atoms with E-state index in [9.17, 15) is 14.7 Å². The largest absolute Gasteiger partial charge is 0.508 e. The van der Waals surface area contributed by atoms with Gasteiger partial charge < -0.3 is 24.8 Å². The molecule has 0 radical (unpaired) electrons. The van der Waals surface area contributed by atoms with Crippen molar-refractivity contribution in [3.63, 3.8) is 0 Å². The van der Waals surface area contributed by atoms with E-state index in [1.54, 1.807) is 12.1 Å². The second kappa shape index (κ2) is 13.9. The Morgan fingerprint density at radius 2 is 1.71 bits per heavy atom. The minimum absolute atomic E-state index is 0.0811. The molecule has 8 heteroatoms. The molecule has 2 aliphatic heterocycles. The molecule has 0 spiro atoms. The van der Waals surface area contributed by atoms with Gasteiger partial charge in [-0.05, 0) is 66.8 Å². The summed E-state index contributed by atoms with van der Waals surface area (Å²) in [6.07, 6.45) is 1.88. The minimum Gasteiger partial charge on any atom is -0.508 e. The summed E-state index contributed by atoms with van der Waals surface area (Å²) in [5.41, 5.74) is 1.49. The summed E-state index contributed by atoms with van der Waals surface area (Å²) in [5.74, 6) is 0.267. The molecular weight excluding hydrogens is 530 g/mol. The Morgan fingerprint density at radius 3 is 2.38 bits per heavy atom. The molecule has 42 heavy (non-hydrogen) atoms. The number of Topliss-reactive ketones (excluding diaryl/α,β-unsaturated/α-hetero) is 1. The fraction of sp³-hybridized carbons (Fsp3) is 0.412. The molecule has 2 aliphatic rings. The number of carbonyl (C=O) groups is 2. The van der Waals surface area contributed by atoms with Crippen LogP contribution in [-0.2, 0) is 26.3 Å². The van der Waals surface area contributed by atoms with Crippen LogP contribution in [0.1, 0.15) is 37.3 Å². The van der Waals surface area contributed by atoms with Gasteiger partial charge in [0, 0.05) is 45.0 Å². The van der Waals surface area contributed by atoms with Crippen molar-refractivity contribution in [2.45, 2.75) is 44.2 Å². The van der Waals surface area contributed by atoms with E-state index in [4.69, 9.17) is 9.47 Å². The third kappa shape index (κ3) is 7.12. The van der Waals surface area contributed by atoms with E-state index in [1.165, 1.54) is 0 Å². The fourth-order valence-electron chi connectivity index (χ4n) is 5.90. The number of nitrogens with zero attached hydrogens (tertiary/aromatic N) is 2. The van der Waals surface area contributed by atoms with Crippen LogP contribution in [0.4, 0.5) is 5.69 Å². The van der Waals surface area contributed by atoms with Crippen LogP contribution in [0.5, 0.6) is 11.5 Å². The molecule has 2 saturated heterocycles. The highest BCUT2D eigenvalue weighted by molar-refractivity contribution is 6.08. The number of ketones is 1. The molecular formula is C34H41N3O5. The van der Waals surface area contributed by atoms with Crippen LogP contribution in [0.25, 0.3) is 0 Å². The van der Waals surface area contributed by atoms with Crippen molar-refractivity contribution in [1.82, 2.24) is 10.2 Å². The fourth-order valence-corrected chi connectivity index (χ4v) is 5.90. The van der Waals surface area contributed by atoms with E-state index >= 15 is 0 Å². The normalized spacial score (nSPS) is 21.1. The van der Waals surface area contributed by atoms with E-state index < -0.39 is 17.6 Å². The Labute approximate surface area is 248 Å². The van der Waals surface area contributed by atoms with Crippen LogP contribution in [0.15, 0.2) is 78.9 Å². The van der Waals surface area contributed by atoms with Crippen molar-refractivity contribution >= 4 is 17.4 Å². The van der Waals surface area contributed by atoms with Crippen molar-refractivity contribution in [3.8, 4) is 11.5 Å². The molecule has 0 aliphatic carbocycles. The Bertz CT molecular complexity index is 1290. The molecule has 222 valence electrons. The van der Waals surface area contributed by atoms with E-state index in [1.807, 2.05) is 78.6 Å². The first kappa shape index (κ1) is 29.6. The van der Waals surface area contributed by atoms with Crippen molar-refractivity contribution < 1.29 is 24.2 Å². The molecule has 8 nitrogen and oxygen atoms in total. The first-order valence-electron chi connectivity index (χ1n) is 15.0. The number of piperazine rings is 1. The van der Waals surface area contributed by atoms with Crippen LogP contribution in [-0.4, -0.2) is 73.7 Å². The number of phenolic OH excluding ortho intramolecular Hbond substituents is 1. The highest BCUT2D eigenvalue weighted by Gasteiger charge is 2.50. The third-order valence-electron chi connectivity index (χ3n) is 8.17. The minimum atomic E-state index is -1.10. The number of cyclic esters (lactones) is 1. The first-order chi connectivity index (χ1) is 20.5. The molecule has 0 aromatic heterocycles. The molecule has 2 fully saturated rings. The molecule has 3 aromatic carbocycles. The molecule has 0 saturated carbocycles. The van der Waals surface area contributed by atoms with Crippen LogP contribution in [0.3, 0.4) is 0 Å². The van der Waals surface area contributed by atoms with E-state index in [0.29, 0.717) is 26.0 Å². The lowest BCUT2D eigenvalue weighted by atomic mass is 9.79. The zero-order valence-corrected chi connectivity index (χ0v) is 24.3. The number of aryl methyl sites for hydroxylation is 1. The van der Waals surface area contributed by atoms with Gasteiger partial charge in [0.05, 0.1) is 6.42 Å². The average Bonchev–Trinajstić information content (AvgIpc) is 3.01. The van der Waals surface area contributed by atoms with Gasteiger partial charge in [-0.2, -0.15) is 0 Å². The van der Waals surface area contributed by atoms with E-state index in [0.717, 1.165) is 61.7 Å². The summed E-state index contributed by atoms with van der Waals surface area (Å²) in [4.78, 5) is 31.9. The quantitative estimate of drug-likeness (QED) is 0.246. The second-order valence-corrected chi connectivity index (χ2v) is 11.1. The van der Waals surface area contributed by atoms with Crippen LogP contribution in [0, 0.1) is 0 Å². The Kier molecular flexibility index (Phi) is 9.77. The number of aromatic hydroxyl groups is 1. The molecule has 0 amide bonds. The van der Waals surface area contributed by atoms with Gasteiger partial charge in [0.1, 0.15) is 23.7 Å². The van der Waals surface area contributed by atoms with Gasteiger partial charge in [-0.15, -0.1) is 0 Å². The summed E-state index contributed by atoms with van der Waals surface area (Å²) >= 11 is 0. The molecule has 2 atom stereocenters. The smallest absolute Gasteiger partial charge is 0.337 e. The lowest BCUT2D eigenvalue weighted by Crippen LogP contribution is -2.56. The Balaban J connectivity index is 1.35. The Hall–Kier alpha value is -3.88. The number of hydrogen-bond acceptors (Lipinski definition) is 8. The maximum atomic E-state index is 13.9. The summed E-state index contributed by atoms with van der Waals surface area (Å²) in [7, 11) is 0. The number of esters is 1.